The van der Waals surface area contributed by atoms with Crippen LogP contribution in [0, 0.1) is 5.82 Å². The van der Waals surface area contributed by atoms with Crippen LogP contribution in [0.15, 0.2) is 72.8 Å². The Morgan fingerprint density at radius 2 is 1.81 bits per heavy atom. The van der Waals surface area contributed by atoms with Crippen molar-refractivity contribution in [3.05, 3.63) is 84.3 Å². The first-order valence-electron chi connectivity index (χ1n) is 9.92. The number of halogens is 1. The molecule has 8 nitrogen and oxygen atoms in total. The Morgan fingerprint density at radius 3 is 2.69 bits per heavy atom. The number of hydrogen-bond donors (Lipinski definition) is 1. The average molecular weight is 428 g/mol. The molecule has 0 aliphatic heterocycles. The normalized spacial score (nSPS) is 11.0. The van der Waals surface area contributed by atoms with E-state index in [1.807, 2.05) is 30.3 Å². The standard InChI is InChI=1S/C23H17FN6O2/c24-17-8-5-16(6-9-17)22-28-27-20-11-12-21(29-30(20)22)32-14-13-25-23(31)19-10-7-15-3-1-2-4-18(15)26-19/h1-12H,13-14H2,(H,25,31). The van der Waals surface area contributed by atoms with E-state index in [9.17, 15) is 9.18 Å². The molecule has 0 saturated heterocycles. The fourth-order valence-electron chi connectivity index (χ4n) is 3.23. The number of pyridine rings is 1. The number of aromatic nitrogens is 5. The van der Waals surface area contributed by atoms with Crippen LogP contribution in [0.3, 0.4) is 0 Å². The highest BCUT2D eigenvalue weighted by Crippen LogP contribution is 2.19. The molecule has 0 bridgehead atoms. The zero-order valence-corrected chi connectivity index (χ0v) is 16.8. The smallest absolute Gasteiger partial charge is 0.270 e. The second-order valence-electron chi connectivity index (χ2n) is 6.97. The number of carbonyl (C=O) groups excluding carboxylic acids is 1. The minimum absolute atomic E-state index is 0.214. The van der Waals surface area contributed by atoms with Gasteiger partial charge in [0.25, 0.3) is 5.91 Å². The van der Waals surface area contributed by atoms with Crippen molar-refractivity contribution in [2.75, 3.05) is 13.2 Å². The number of ether oxygens (including phenoxy) is 1. The van der Waals surface area contributed by atoms with Crippen molar-refractivity contribution in [2.45, 2.75) is 0 Å². The van der Waals surface area contributed by atoms with Gasteiger partial charge in [0.2, 0.25) is 5.88 Å². The molecule has 5 rings (SSSR count). The number of fused-ring (bicyclic) bond motifs is 2. The van der Waals surface area contributed by atoms with Gasteiger partial charge in [0.1, 0.15) is 18.1 Å². The monoisotopic (exact) mass is 428 g/mol. The second-order valence-corrected chi connectivity index (χ2v) is 6.97. The highest BCUT2D eigenvalue weighted by atomic mass is 19.1. The summed E-state index contributed by atoms with van der Waals surface area (Å²) in [4.78, 5) is 16.8. The molecule has 0 radical (unpaired) electrons. The molecule has 0 saturated carbocycles. The van der Waals surface area contributed by atoms with Crippen molar-refractivity contribution in [3.8, 4) is 17.3 Å². The average Bonchev–Trinajstić information content (AvgIpc) is 3.25. The number of carbonyl (C=O) groups is 1. The lowest BCUT2D eigenvalue weighted by atomic mass is 10.2. The third kappa shape index (κ3) is 3.95. The number of para-hydroxylation sites is 1. The third-order valence-corrected chi connectivity index (χ3v) is 4.81. The van der Waals surface area contributed by atoms with Crippen LogP contribution < -0.4 is 10.1 Å². The van der Waals surface area contributed by atoms with Crippen molar-refractivity contribution in [1.29, 1.82) is 0 Å². The summed E-state index contributed by atoms with van der Waals surface area (Å²) in [6, 6.07) is 20.5. The molecule has 1 amide bonds. The van der Waals surface area contributed by atoms with Crippen LogP contribution in [0.25, 0.3) is 27.9 Å². The predicted molar refractivity (Wildman–Crippen MR) is 116 cm³/mol. The van der Waals surface area contributed by atoms with Crippen LogP contribution in [-0.4, -0.2) is 43.9 Å². The van der Waals surface area contributed by atoms with E-state index in [1.165, 1.54) is 16.6 Å². The topological polar surface area (TPSA) is 94.3 Å². The summed E-state index contributed by atoms with van der Waals surface area (Å²) in [7, 11) is 0. The zero-order chi connectivity index (χ0) is 21.9. The number of hydrogen-bond acceptors (Lipinski definition) is 6. The van der Waals surface area contributed by atoms with Crippen LogP contribution in [0.4, 0.5) is 4.39 Å². The maximum absolute atomic E-state index is 13.2. The number of rotatable bonds is 6. The lowest BCUT2D eigenvalue weighted by Crippen LogP contribution is -2.28. The summed E-state index contributed by atoms with van der Waals surface area (Å²) in [5.41, 5.74) is 2.32. The molecule has 0 aliphatic rings. The SMILES string of the molecule is O=C(NCCOc1ccc2nnc(-c3ccc(F)cc3)n2n1)c1ccc2ccccc2n1. The fourth-order valence-corrected chi connectivity index (χ4v) is 3.23. The summed E-state index contributed by atoms with van der Waals surface area (Å²) >= 11 is 0. The second kappa shape index (κ2) is 8.38. The highest BCUT2D eigenvalue weighted by Gasteiger charge is 2.11. The van der Waals surface area contributed by atoms with E-state index in [1.54, 1.807) is 30.3 Å². The summed E-state index contributed by atoms with van der Waals surface area (Å²) in [5.74, 6) is 0.209. The van der Waals surface area contributed by atoms with Crippen LogP contribution in [-0.2, 0) is 0 Å². The summed E-state index contributed by atoms with van der Waals surface area (Å²) in [5, 5.41) is 16.3. The van der Waals surface area contributed by atoms with Gasteiger partial charge in [0, 0.05) is 17.0 Å². The molecule has 0 aliphatic carbocycles. The molecule has 0 atom stereocenters. The molecule has 3 heterocycles. The van der Waals surface area contributed by atoms with E-state index in [-0.39, 0.29) is 24.9 Å². The molecular formula is C23H17FN6O2. The number of nitrogens with zero attached hydrogens (tertiary/aromatic N) is 5. The Labute approximate surface area is 181 Å². The molecule has 2 aromatic carbocycles. The zero-order valence-electron chi connectivity index (χ0n) is 16.8. The van der Waals surface area contributed by atoms with Gasteiger partial charge in [-0.25, -0.2) is 9.37 Å². The van der Waals surface area contributed by atoms with Crippen molar-refractivity contribution >= 4 is 22.5 Å². The van der Waals surface area contributed by atoms with Crippen LogP contribution in [0.1, 0.15) is 10.5 Å². The summed E-state index contributed by atoms with van der Waals surface area (Å²) in [6.45, 7) is 0.492. The number of nitrogens with one attached hydrogen (secondary N) is 1. The Kier molecular flexibility index (Phi) is 5.12. The summed E-state index contributed by atoms with van der Waals surface area (Å²) in [6.07, 6.45) is 0. The lowest BCUT2D eigenvalue weighted by Gasteiger charge is -2.08. The van der Waals surface area contributed by atoms with Gasteiger partial charge in [-0.15, -0.1) is 15.3 Å². The first-order valence-corrected chi connectivity index (χ1v) is 9.92. The number of benzene rings is 2. The first-order chi connectivity index (χ1) is 15.7. The minimum atomic E-state index is -0.333. The Hall–Kier alpha value is -4.40. The van der Waals surface area contributed by atoms with Gasteiger partial charge >= 0.3 is 0 Å². The van der Waals surface area contributed by atoms with Crippen molar-refractivity contribution in [1.82, 2.24) is 30.1 Å². The highest BCUT2D eigenvalue weighted by molar-refractivity contribution is 5.94. The van der Waals surface area contributed by atoms with Crippen LogP contribution in [0.5, 0.6) is 5.88 Å². The van der Waals surface area contributed by atoms with Crippen LogP contribution in [0.2, 0.25) is 0 Å². The summed E-state index contributed by atoms with van der Waals surface area (Å²) < 4.78 is 20.4. The maximum atomic E-state index is 13.2. The molecule has 158 valence electrons. The Balaban J connectivity index is 1.22. The van der Waals surface area contributed by atoms with E-state index in [4.69, 9.17) is 4.74 Å². The molecule has 0 unspecified atom stereocenters. The largest absolute Gasteiger partial charge is 0.475 e. The lowest BCUT2D eigenvalue weighted by molar-refractivity contribution is 0.0942. The van der Waals surface area contributed by atoms with Gasteiger partial charge in [-0.3, -0.25) is 4.79 Å². The van der Waals surface area contributed by atoms with E-state index >= 15 is 0 Å². The minimum Gasteiger partial charge on any atom is -0.475 e. The van der Waals surface area contributed by atoms with E-state index in [2.05, 4.69) is 25.6 Å². The molecule has 0 spiro atoms. The maximum Gasteiger partial charge on any atom is 0.270 e. The number of amides is 1. The van der Waals surface area contributed by atoms with Gasteiger partial charge in [-0.1, -0.05) is 24.3 Å². The fraction of sp³-hybridized carbons (Fsp3) is 0.0870. The molecule has 0 fully saturated rings. The molecular weight excluding hydrogens is 411 g/mol. The van der Waals surface area contributed by atoms with Gasteiger partial charge in [0.05, 0.1) is 12.1 Å². The molecule has 5 aromatic rings. The van der Waals surface area contributed by atoms with Gasteiger partial charge in [-0.05, 0) is 42.5 Å². The molecule has 32 heavy (non-hydrogen) atoms. The Morgan fingerprint density at radius 1 is 0.969 bits per heavy atom. The van der Waals surface area contributed by atoms with Crippen LogP contribution >= 0.6 is 0 Å². The third-order valence-electron chi connectivity index (χ3n) is 4.81. The quantitative estimate of drug-likeness (QED) is 0.417. The van der Waals surface area contributed by atoms with Gasteiger partial charge in [0.15, 0.2) is 11.5 Å². The van der Waals surface area contributed by atoms with Crippen molar-refractivity contribution in [2.24, 2.45) is 0 Å². The van der Waals surface area contributed by atoms with Gasteiger partial charge < -0.3 is 10.1 Å². The van der Waals surface area contributed by atoms with Crippen molar-refractivity contribution in [3.63, 3.8) is 0 Å². The molecule has 3 aromatic heterocycles. The van der Waals surface area contributed by atoms with Crippen molar-refractivity contribution < 1.29 is 13.9 Å². The predicted octanol–water partition coefficient (Wildman–Crippen LogP) is 3.29. The molecule has 1 N–H and O–H groups in total. The molecule has 9 heteroatoms. The first kappa shape index (κ1) is 19.6. The van der Waals surface area contributed by atoms with Gasteiger partial charge in [-0.2, -0.15) is 4.52 Å². The van der Waals surface area contributed by atoms with E-state index in [0.29, 0.717) is 28.6 Å². The van der Waals surface area contributed by atoms with E-state index in [0.717, 1.165) is 10.9 Å². The Bertz CT molecular complexity index is 1420. The van der Waals surface area contributed by atoms with E-state index < -0.39 is 0 Å².